The second-order valence-corrected chi connectivity index (χ2v) is 5.97. The highest BCUT2D eigenvalue weighted by Crippen LogP contribution is 2.13. The van der Waals surface area contributed by atoms with Crippen LogP contribution in [0.5, 0.6) is 5.75 Å². The summed E-state index contributed by atoms with van der Waals surface area (Å²) in [6.45, 7) is 7.47. The Morgan fingerprint density at radius 1 is 1.41 bits per heavy atom. The Balaban J connectivity index is 1.69. The third-order valence-electron chi connectivity index (χ3n) is 3.46. The van der Waals surface area contributed by atoms with Gasteiger partial charge in [0.15, 0.2) is 0 Å². The number of hydrogen-bond acceptors (Lipinski definition) is 4. The summed E-state index contributed by atoms with van der Waals surface area (Å²) >= 11 is 0. The van der Waals surface area contributed by atoms with Gasteiger partial charge in [-0.25, -0.2) is 0 Å². The van der Waals surface area contributed by atoms with Crippen molar-refractivity contribution in [3.05, 3.63) is 29.8 Å². The molecule has 1 aliphatic rings. The van der Waals surface area contributed by atoms with Crippen molar-refractivity contribution in [2.24, 2.45) is 5.92 Å². The number of nitrogens with one attached hydrogen (secondary N) is 2. The Kier molecular flexibility index (Phi) is 6.68. The van der Waals surface area contributed by atoms with E-state index in [1.165, 1.54) is 5.56 Å². The molecular weight excluding hydrogens is 280 g/mol. The highest BCUT2D eigenvalue weighted by Gasteiger charge is 2.20. The van der Waals surface area contributed by atoms with Crippen molar-refractivity contribution in [3.63, 3.8) is 0 Å². The first kappa shape index (κ1) is 16.8. The van der Waals surface area contributed by atoms with Crippen molar-refractivity contribution in [1.29, 1.82) is 0 Å². The topological polar surface area (TPSA) is 59.6 Å². The number of rotatable bonds is 7. The van der Waals surface area contributed by atoms with E-state index in [4.69, 9.17) is 9.47 Å². The Labute approximate surface area is 132 Å². The Morgan fingerprint density at radius 3 is 2.82 bits per heavy atom. The zero-order chi connectivity index (χ0) is 15.8. The summed E-state index contributed by atoms with van der Waals surface area (Å²) in [4.78, 5) is 11.9. The minimum absolute atomic E-state index is 0.0107. The second-order valence-electron chi connectivity index (χ2n) is 5.97. The largest absolute Gasteiger partial charge is 0.493 e. The fourth-order valence-corrected chi connectivity index (χ4v) is 2.20. The fraction of sp³-hybridized carbons (Fsp3) is 0.588. The Hall–Kier alpha value is -1.59. The van der Waals surface area contributed by atoms with Crippen LogP contribution in [0, 0.1) is 5.92 Å². The van der Waals surface area contributed by atoms with Crippen molar-refractivity contribution in [3.8, 4) is 5.75 Å². The molecule has 5 nitrogen and oxygen atoms in total. The molecule has 0 saturated carbocycles. The normalized spacial score (nSPS) is 18.2. The molecule has 1 fully saturated rings. The third-order valence-corrected chi connectivity index (χ3v) is 3.46. The van der Waals surface area contributed by atoms with Crippen LogP contribution in [-0.2, 0) is 16.0 Å². The molecule has 1 aromatic rings. The number of amides is 1. The van der Waals surface area contributed by atoms with Gasteiger partial charge >= 0.3 is 0 Å². The van der Waals surface area contributed by atoms with Gasteiger partial charge in [0.2, 0.25) is 5.91 Å². The van der Waals surface area contributed by atoms with Gasteiger partial charge in [0, 0.05) is 13.1 Å². The standard InChI is InChI=1S/C17H26N2O3/c1-13(2)11-22-15-5-3-14(4-6-15)7-8-19-17(20)16-12-21-10-9-18-16/h3-6,13,16,18H,7-12H2,1-2H3,(H,19,20)/t16-/m0/s1. The molecule has 0 aromatic heterocycles. The molecular formula is C17H26N2O3. The van der Waals surface area contributed by atoms with Gasteiger partial charge in [-0.15, -0.1) is 0 Å². The van der Waals surface area contributed by atoms with Crippen LogP contribution in [0.2, 0.25) is 0 Å². The molecule has 0 bridgehead atoms. The molecule has 1 atom stereocenters. The molecule has 122 valence electrons. The molecule has 1 aliphatic heterocycles. The van der Waals surface area contributed by atoms with Crippen LogP contribution in [0.15, 0.2) is 24.3 Å². The van der Waals surface area contributed by atoms with Crippen molar-refractivity contribution in [2.45, 2.75) is 26.3 Å². The molecule has 2 N–H and O–H groups in total. The molecule has 22 heavy (non-hydrogen) atoms. The Bertz CT molecular complexity index is 453. The number of morpholine rings is 1. The summed E-state index contributed by atoms with van der Waals surface area (Å²) in [6.07, 6.45) is 0.809. The van der Waals surface area contributed by atoms with Crippen LogP contribution >= 0.6 is 0 Å². The predicted molar refractivity (Wildman–Crippen MR) is 86.1 cm³/mol. The SMILES string of the molecule is CC(C)COc1ccc(CCNC(=O)[C@@H]2COCCN2)cc1. The van der Waals surface area contributed by atoms with Crippen LogP contribution < -0.4 is 15.4 Å². The first-order valence-corrected chi connectivity index (χ1v) is 7.95. The maximum Gasteiger partial charge on any atom is 0.239 e. The van der Waals surface area contributed by atoms with E-state index in [0.29, 0.717) is 25.7 Å². The van der Waals surface area contributed by atoms with E-state index in [2.05, 4.69) is 24.5 Å². The second kappa shape index (κ2) is 8.76. The van der Waals surface area contributed by atoms with Gasteiger partial charge < -0.3 is 20.1 Å². The van der Waals surface area contributed by atoms with Gasteiger partial charge in [0.05, 0.1) is 19.8 Å². The molecule has 1 aromatic carbocycles. The molecule has 1 heterocycles. The van der Waals surface area contributed by atoms with E-state index < -0.39 is 0 Å². The number of carbonyl (C=O) groups excluding carboxylic acids is 1. The molecule has 5 heteroatoms. The van der Waals surface area contributed by atoms with Crippen LogP contribution in [0.25, 0.3) is 0 Å². The van der Waals surface area contributed by atoms with E-state index in [-0.39, 0.29) is 11.9 Å². The molecule has 0 radical (unpaired) electrons. The smallest absolute Gasteiger partial charge is 0.239 e. The molecule has 1 amide bonds. The van der Waals surface area contributed by atoms with Crippen molar-refractivity contribution in [2.75, 3.05) is 32.9 Å². The highest BCUT2D eigenvalue weighted by atomic mass is 16.5. The minimum Gasteiger partial charge on any atom is -0.493 e. The molecule has 0 spiro atoms. The van der Waals surface area contributed by atoms with Crippen molar-refractivity contribution >= 4 is 5.91 Å². The lowest BCUT2D eigenvalue weighted by atomic mass is 10.1. The van der Waals surface area contributed by atoms with Gasteiger partial charge in [-0.1, -0.05) is 26.0 Å². The van der Waals surface area contributed by atoms with E-state index in [1.54, 1.807) is 0 Å². The van der Waals surface area contributed by atoms with Gasteiger partial charge in [-0.05, 0) is 30.0 Å². The van der Waals surface area contributed by atoms with Crippen molar-refractivity contribution in [1.82, 2.24) is 10.6 Å². The average Bonchev–Trinajstić information content (AvgIpc) is 2.55. The number of ether oxygens (including phenoxy) is 2. The third kappa shape index (κ3) is 5.66. The first-order chi connectivity index (χ1) is 10.6. The maximum absolute atomic E-state index is 11.9. The monoisotopic (exact) mass is 306 g/mol. The minimum atomic E-state index is -0.222. The summed E-state index contributed by atoms with van der Waals surface area (Å²) in [5.74, 6) is 1.42. The summed E-state index contributed by atoms with van der Waals surface area (Å²) in [6, 6.07) is 7.83. The zero-order valence-corrected chi connectivity index (χ0v) is 13.4. The van der Waals surface area contributed by atoms with Gasteiger partial charge in [0.1, 0.15) is 11.8 Å². The average molecular weight is 306 g/mol. The van der Waals surface area contributed by atoms with Gasteiger partial charge in [0.25, 0.3) is 0 Å². The molecule has 1 saturated heterocycles. The summed E-state index contributed by atoms with van der Waals surface area (Å²) < 4.78 is 10.9. The molecule has 2 rings (SSSR count). The highest BCUT2D eigenvalue weighted by molar-refractivity contribution is 5.81. The quantitative estimate of drug-likeness (QED) is 0.799. The van der Waals surface area contributed by atoms with Gasteiger partial charge in [-0.2, -0.15) is 0 Å². The van der Waals surface area contributed by atoms with E-state index in [9.17, 15) is 4.79 Å². The number of carbonyl (C=O) groups is 1. The van der Waals surface area contributed by atoms with Crippen LogP contribution in [0.1, 0.15) is 19.4 Å². The van der Waals surface area contributed by atoms with Crippen LogP contribution in [0.4, 0.5) is 0 Å². The van der Waals surface area contributed by atoms with E-state index in [0.717, 1.165) is 25.3 Å². The Morgan fingerprint density at radius 2 is 2.18 bits per heavy atom. The predicted octanol–water partition coefficient (Wildman–Crippen LogP) is 1.37. The van der Waals surface area contributed by atoms with Crippen LogP contribution in [0.3, 0.4) is 0 Å². The molecule has 0 unspecified atom stereocenters. The van der Waals surface area contributed by atoms with E-state index >= 15 is 0 Å². The van der Waals surface area contributed by atoms with E-state index in [1.807, 2.05) is 24.3 Å². The van der Waals surface area contributed by atoms with Gasteiger partial charge in [-0.3, -0.25) is 4.79 Å². The lowest BCUT2D eigenvalue weighted by molar-refractivity contribution is -0.125. The lowest BCUT2D eigenvalue weighted by Crippen LogP contribution is -2.51. The zero-order valence-electron chi connectivity index (χ0n) is 13.4. The summed E-state index contributed by atoms with van der Waals surface area (Å²) in [5.41, 5.74) is 1.19. The number of benzene rings is 1. The first-order valence-electron chi connectivity index (χ1n) is 7.95. The lowest BCUT2D eigenvalue weighted by Gasteiger charge is -2.22. The number of hydrogen-bond donors (Lipinski definition) is 2. The fourth-order valence-electron chi connectivity index (χ4n) is 2.20. The summed E-state index contributed by atoms with van der Waals surface area (Å²) in [7, 11) is 0. The summed E-state index contributed by atoms with van der Waals surface area (Å²) in [5, 5.41) is 6.09. The van der Waals surface area contributed by atoms with Crippen LogP contribution in [-0.4, -0.2) is 44.9 Å². The van der Waals surface area contributed by atoms with Crippen molar-refractivity contribution < 1.29 is 14.3 Å². The maximum atomic E-state index is 11.9. The molecule has 0 aliphatic carbocycles.